The molecule has 43 heavy (non-hydrogen) atoms. The molecule has 1 saturated heterocycles. The number of amides is 1. The van der Waals surface area contributed by atoms with E-state index < -0.39 is 23.5 Å². The summed E-state index contributed by atoms with van der Waals surface area (Å²) >= 11 is 0. The lowest BCUT2D eigenvalue weighted by Gasteiger charge is -2.27. The molecule has 0 radical (unpaired) electrons. The minimum absolute atomic E-state index is 0.0196. The minimum atomic E-state index is -1.07. The smallest absolute Gasteiger partial charge is 0.335 e. The third-order valence-corrected chi connectivity index (χ3v) is 7.17. The van der Waals surface area contributed by atoms with Gasteiger partial charge in [-0.25, -0.2) is 28.5 Å². The molecule has 0 spiro atoms. The molecule has 1 fully saturated rings. The molecule has 0 bridgehead atoms. The maximum Gasteiger partial charge on any atom is 0.335 e. The van der Waals surface area contributed by atoms with Gasteiger partial charge < -0.3 is 24.9 Å². The highest BCUT2D eigenvalue weighted by atomic mass is 19.1. The average molecular weight is 586 g/mol. The number of nitrogens with two attached hydrogens (primary N) is 1. The Morgan fingerprint density at radius 1 is 1.02 bits per heavy atom. The number of carbonyl (C=O) groups excluding carboxylic acids is 1. The van der Waals surface area contributed by atoms with E-state index in [2.05, 4.69) is 15.0 Å². The van der Waals surface area contributed by atoms with Crippen molar-refractivity contribution in [1.29, 1.82) is 0 Å². The van der Waals surface area contributed by atoms with Crippen molar-refractivity contribution >= 4 is 22.9 Å². The normalized spacial score (nSPS) is 14.4. The van der Waals surface area contributed by atoms with Crippen LogP contribution in [0.4, 0.5) is 8.78 Å². The van der Waals surface area contributed by atoms with Crippen molar-refractivity contribution in [2.75, 3.05) is 6.61 Å². The number of carbonyl (C=O) groups is 2. The summed E-state index contributed by atoms with van der Waals surface area (Å²) in [5, 5.41) is 9.45. The van der Waals surface area contributed by atoms with Gasteiger partial charge in [0.05, 0.1) is 40.6 Å². The molecule has 1 unspecified atom stereocenters. The van der Waals surface area contributed by atoms with E-state index in [-0.39, 0.29) is 53.1 Å². The van der Waals surface area contributed by atoms with E-state index in [1.807, 2.05) is 4.57 Å². The Morgan fingerprint density at radius 3 is 2.58 bits per heavy atom. The molecule has 218 valence electrons. The summed E-state index contributed by atoms with van der Waals surface area (Å²) in [6, 6.07) is 16.3. The average Bonchev–Trinajstić information content (AvgIpc) is 3.31. The third-order valence-electron chi connectivity index (χ3n) is 7.17. The molecule has 4 heterocycles. The van der Waals surface area contributed by atoms with Gasteiger partial charge in [0.1, 0.15) is 29.8 Å². The quantitative estimate of drug-likeness (QED) is 0.244. The second-order valence-electron chi connectivity index (χ2n) is 10.1. The number of nitrogens with zero attached hydrogens (tertiary/aromatic N) is 4. The second-order valence-corrected chi connectivity index (χ2v) is 10.1. The number of halogens is 2. The minimum Gasteiger partial charge on any atom is -0.478 e. The molecule has 1 amide bonds. The van der Waals surface area contributed by atoms with Gasteiger partial charge in [-0.15, -0.1) is 0 Å². The summed E-state index contributed by atoms with van der Waals surface area (Å²) in [6.07, 6.45) is 0.736. The van der Waals surface area contributed by atoms with Gasteiger partial charge in [0.15, 0.2) is 0 Å². The molecule has 3 aromatic heterocycles. The Morgan fingerprint density at radius 2 is 1.84 bits per heavy atom. The number of carboxylic acids is 1. The number of fused-ring (bicyclic) bond motifs is 1. The van der Waals surface area contributed by atoms with E-state index in [1.165, 1.54) is 24.3 Å². The molecule has 0 aliphatic carbocycles. The van der Waals surface area contributed by atoms with Crippen LogP contribution in [0.1, 0.15) is 44.3 Å². The molecular weight excluding hydrogens is 560 g/mol. The summed E-state index contributed by atoms with van der Waals surface area (Å²) in [6.45, 7) is 1.03. The third kappa shape index (κ3) is 5.90. The molecule has 1 atom stereocenters. The number of ether oxygens (including phenoxy) is 2. The van der Waals surface area contributed by atoms with Crippen LogP contribution >= 0.6 is 0 Å². The Hall–Kier alpha value is -5.23. The predicted molar refractivity (Wildman–Crippen MR) is 151 cm³/mol. The number of rotatable bonds is 10. The molecule has 0 saturated carbocycles. The number of hydrogen-bond acceptors (Lipinski definition) is 7. The maximum absolute atomic E-state index is 15.5. The molecule has 1 aliphatic rings. The van der Waals surface area contributed by atoms with Gasteiger partial charge in [-0.1, -0.05) is 12.1 Å². The van der Waals surface area contributed by atoms with Crippen LogP contribution in [-0.4, -0.2) is 49.2 Å². The summed E-state index contributed by atoms with van der Waals surface area (Å²) < 4.78 is 43.9. The fraction of sp³-hybridized carbons (Fsp3) is 0.194. The van der Waals surface area contributed by atoms with Gasteiger partial charge in [-0.2, -0.15) is 0 Å². The summed E-state index contributed by atoms with van der Waals surface area (Å²) in [5.41, 5.74) is 7.24. The lowest BCUT2D eigenvalue weighted by atomic mass is 10.0. The van der Waals surface area contributed by atoms with Crippen molar-refractivity contribution in [3.05, 3.63) is 107 Å². The number of aromatic nitrogens is 4. The van der Waals surface area contributed by atoms with Crippen LogP contribution in [0.3, 0.4) is 0 Å². The van der Waals surface area contributed by atoms with E-state index in [0.29, 0.717) is 35.7 Å². The van der Waals surface area contributed by atoms with Crippen LogP contribution < -0.4 is 10.5 Å². The summed E-state index contributed by atoms with van der Waals surface area (Å²) in [4.78, 5) is 36.0. The largest absolute Gasteiger partial charge is 0.478 e. The summed E-state index contributed by atoms with van der Waals surface area (Å²) in [7, 11) is 0. The fourth-order valence-corrected chi connectivity index (χ4v) is 4.86. The second kappa shape index (κ2) is 11.6. The number of imidazole rings is 1. The number of pyridine rings is 2. The Kier molecular flexibility index (Phi) is 7.51. The van der Waals surface area contributed by atoms with Crippen molar-refractivity contribution < 1.29 is 33.0 Å². The molecular formula is C31H25F2N5O5. The number of carboxylic acid groups (broad SMARTS) is 1. The number of primary amides is 1. The SMILES string of the molecule is NC(=O)c1cccc(COc2cccc(-c3cc(F)c(Cc4nc5ccc(C(=O)O)cc5n4CC4CCO4)cc3F)n2)n1. The lowest BCUT2D eigenvalue weighted by molar-refractivity contribution is -0.0589. The van der Waals surface area contributed by atoms with Crippen LogP contribution in [0.25, 0.3) is 22.3 Å². The van der Waals surface area contributed by atoms with Crippen molar-refractivity contribution in [3.63, 3.8) is 0 Å². The van der Waals surface area contributed by atoms with Gasteiger partial charge in [0.2, 0.25) is 5.88 Å². The van der Waals surface area contributed by atoms with Gasteiger partial charge in [-0.05, 0) is 60.5 Å². The Labute approximate surface area is 243 Å². The zero-order chi connectivity index (χ0) is 30.1. The molecule has 12 heteroatoms. The van der Waals surface area contributed by atoms with Gasteiger partial charge in [0.25, 0.3) is 5.91 Å². The van der Waals surface area contributed by atoms with Gasteiger partial charge in [0, 0.05) is 24.7 Å². The topological polar surface area (TPSA) is 142 Å². The first-order valence-electron chi connectivity index (χ1n) is 13.4. The van der Waals surface area contributed by atoms with Crippen molar-refractivity contribution in [2.24, 2.45) is 5.73 Å². The number of benzene rings is 2. The maximum atomic E-state index is 15.5. The highest BCUT2D eigenvalue weighted by molar-refractivity contribution is 5.92. The standard InChI is InChI=1S/C31H25F2N5O5/c32-22-14-21(24-4-2-6-29(37-24)43-16-19-3-1-5-26(35-19)30(34)39)23(33)11-18(22)13-28-36-25-8-7-17(31(40)41)12-27(25)38(28)15-20-9-10-42-20/h1-8,11-12,14,20H,9-10,13,15-16H2,(H2,34,39)(H,40,41). The monoisotopic (exact) mass is 585 g/mol. The Bertz CT molecular complexity index is 1870. The molecule has 1 aliphatic heterocycles. The fourth-order valence-electron chi connectivity index (χ4n) is 4.86. The van der Waals surface area contributed by atoms with E-state index >= 15 is 8.78 Å². The van der Waals surface area contributed by atoms with Crippen molar-refractivity contribution in [1.82, 2.24) is 19.5 Å². The first-order valence-corrected chi connectivity index (χ1v) is 13.4. The van der Waals surface area contributed by atoms with Crippen molar-refractivity contribution in [3.8, 4) is 17.1 Å². The molecule has 2 aromatic carbocycles. The predicted octanol–water partition coefficient (Wildman–Crippen LogP) is 4.53. The molecule has 10 nitrogen and oxygen atoms in total. The molecule has 5 aromatic rings. The van der Waals surface area contributed by atoms with Gasteiger partial charge >= 0.3 is 5.97 Å². The van der Waals surface area contributed by atoms with Gasteiger partial charge in [-0.3, -0.25) is 4.79 Å². The zero-order valence-corrected chi connectivity index (χ0v) is 22.7. The molecule has 6 rings (SSSR count). The lowest BCUT2D eigenvalue weighted by Crippen LogP contribution is -2.31. The van der Waals surface area contributed by atoms with E-state index in [4.69, 9.17) is 15.2 Å². The van der Waals surface area contributed by atoms with Crippen molar-refractivity contribution in [2.45, 2.75) is 32.1 Å². The number of aromatic carboxylic acids is 1. The number of hydrogen-bond donors (Lipinski definition) is 2. The Balaban J connectivity index is 1.26. The van der Waals surface area contributed by atoms with Crippen LogP contribution in [0.15, 0.2) is 66.7 Å². The van der Waals surface area contributed by atoms with Crippen LogP contribution in [0, 0.1) is 11.6 Å². The van der Waals surface area contributed by atoms with E-state index in [9.17, 15) is 14.7 Å². The highest BCUT2D eigenvalue weighted by Crippen LogP contribution is 2.29. The first kappa shape index (κ1) is 27.9. The molecule has 3 N–H and O–H groups in total. The van der Waals surface area contributed by atoms with E-state index in [0.717, 1.165) is 18.6 Å². The van der Waals surface area contributed by atoms with E-state index in [1.54, 1.807) is 30.3 Å². The summed E-state index contributed by atoms with van der Waals surface area (Å²) in [5.74, 6) is -2.46. The van der Waals surface area contributed by atoms with Crippen LogP contribution in [0.2, 0.25) is 0 Å². The van der Waals surface area contributed by atoms with Crippen LogP contribution in [0.5, 0.6) is 5.88 Å². The highest BCUT2D eigenvalue weighted by Gasteiger charge is 2.23. The first-order chi connectivity index (χ1) is 20.7. The zero-order valence-electron chi connectivity index (χ0n) is 22.7. The van der Waals surface area contributed by atoms with Crippen LogP contribution in [-0.2, 0) is 24.3 Å².